The molecule has 1 amide bonds. The van der Waals surface area contributed by atoms with Crippen LogP contribution in [0.15, 0.2) is 53.1 Å². The van der Waals surface area contributed by atoms with E-state index in [2.05, 4.69) is 59.5 Å². The molecule has 4 atom stereocenters. The SMILES string of the molecule is C#Cc1nc(C(=O)N2C(CCCC)Cc3cc(OC)ccc3C2c2ccc(NC34CC5CC(CC3C5)C4)cc2)co1. The summed E-state index contributed by atoms with van der Waals surface area (Å²) in [6.45, 7) is 2.19. The second-order valence-electron chi connectivity index (χ2n) is 12.8. The van der Waals surface area contributed by atoms with Crippen molar-refractivity contribution in [2.45, 2.75) is 82.3 Å². The van der Waals surface area contributed by atoms with Crippen molar-refractivity contribution < 1.29 is 13.9 Å². The minimum absolute atomic E-state index is 0.0131. The molecule has 1 aromatic heterocycles. The van der Waals surface area contributed by atoms with E-state index in [1.54, 1.807) is 7.11 Å². The van der Waals surface area contributed by atoms with Gasteiger partial charge in [-0.3, -0.25) is 4.79 Å². The molecule has 4 saturated carbocycles. The minimum atomic E-state index is -0.254. The van der Waals surface area contributed by atoms with E-state index in [9.17, 15) is 4.79 Å². The van der Waals surface area contributed by atoms with Crippen molar-refractivity contribution in [1.82, 2.24) is 9.88 Å². The number of methoxy groups -OCH3 is 1. The van der Waals surface area contributed by atoms with Crippen LogP contribution < -0.4 is 10.1 Å². The van der Waals surface area contributed by atoms with Gasteiger partial charge in [0, 0.05) is 17.3 Å². The maximum Gasteiger partial charge on any atom is 0.276 e. The summed E-state index contributed by atoms with van der Waals surface area (Å²) < 4.78 is 11.0. The number of hydrogen-bond acceptors (Lipinski definition) is 5. The molecule has 8 rings (SSSR count). The first-order valence-electron chi connectivity index (χ1n) is 15.3. The number of rotatable bonds is 8. The van der Waals surface area contributed by atoms with E-state index in [1.807, 2.05) is 11.0 Å². The number of nitrogens with zero attached hydrogens (tertiary/aromatic N) is 2. The van der Waals surface area contributed by atoms with Gasteiger partial charge in [-0.1, -0.05) is 38.0 Å². The van der Waals surface area contributed by atoms with Crippen LogP contribution >= 0.6 is 0 Å². The van der Waals surface area contributed by atoms with E-state index in [0.29, 0.717) is 0 Å². The number of nitrogens with one attached hydrogen (secondary N) is 1. The van der Waals surface area contributed by atoms with Gasteiger partial charge in [0.2, 0.25) is 0 Å². The van der Waals surface area contributed by atoms with Crippen LogP contribution in [0.5, 0.6) is 5.75 Å². The first kappa shape index (κ1) is 26.2. The number of amides is 1. The highest BCUT2D eigenvalue weighted by molar-refractivity contribution is 5.93. The molecule has 0 radical (unpaired) electrons. The molecular weight excluding hydrogens is 510 g/mol. The van der Waals surface area contributed by atoms with Gasteiger partial charge in [0.05, 0.1) is 13.2 Å². The van der Waals surface area contributed by atoms with Crippen LogP contribution in [0.2, 0.25) is 0 Å². The fraction of sp³-hybridized carbons (Fsp3) is 0.486. The molecule has 5 aliphatic rings. The van der Waals surface area contributed by atoms with Gasteiger partial charge < -0.3 is 19.4 Å². The standard InChI is InChI=1S/C35H39N3O3/c1-4-6-7-28-17-25-18-29(40-3)12-13-30(25)33(38(28)34(39)31-21-41-32(5-2)36-31)24-8-10-27(11-9-24)37-35-19-22-14-23(20-35)16-26(35)15-22/h2,8-13,18,21-23,26,28,33,37H,4,6-7,14-17,19-20H2,1,3H3. The molecule has 1 N–H and O–H groups in total. The Kier molecular flexibility index (Phi) is 6.57. The zero-order valence-electron chi connectivity index (χ0n) is 24.1. The predicted octanol–water partition coefficient (Wildman–Crippen LogP) is 7.00. The lowest BCUT2D eigenvalue weighted by molar-refractivity contribution is 0.0560. The van der Waals surface area contributed by atoms with E-state index in [4.69, 9.17) is 15.6 Å². The number of carbonyl (C=O) groups is 1. The van der Waals surface area contributed by atoms with Crippen molar-refractivity contribution in [2.75, 3.05) is 12.4 Å². The summed E-state index contributed by atoms with van der Waals surface area (Å²) in [5.41, 5.74) is 5.15. The van der Waals surface area contributed by atoms with Gasteiger partial charge in [0.15, 0.2) is 5.69 Å². The Morgan fingerprint density at radius 1 is 1.17 bits per heavy atom. The summed E-state index contributed by atoms with van der Waals surface area (Å²) in [6.07, 6.45) is 17.5. The van der Waals surface area contributed by atoms with Crippen LogP contribution in [-0.4, -0.2) is 34.5 Å². The molecule has 2 heterocycles. The number of aromatic nitrogens is 1. The van der Waals surface area contributed by atoms with Crippen molar-refractivity contribution >= 4 is 11.6 Å². The number of ether oxygens (including phenoxy) is 1. The lowest BCUT2D eigenvalue weighted by Crippen LogP contribution is -2.48. The minimum Gasteiger partial charge on any atom is -0.497 e. The highest BCUT2D eigenvalue weighted by Crippen LogP contribution is 2.61. The molecule has 212 valence electrons. The number of oxazole rings is 1. The zero-order chi connectivity index (χ0) is 28.1. The zero-order valence-corrected chi connectivity index (χ0v) is 24.1. The largest absolute Gasteiger partial charge is 0.497 e. The second-order valence-corrected chi connectivity index (χ2v) is 12.8. The van der Waals surface area contributed by atoms with E-state index < -0.39 is 0 Å². The van der Waals surface area contributed by atoms with Gasteiger partial charge >= 0.3 is 0 Å². The third-order valence-corrected chi connectivity index (χ3v) is 10.4. The Morgan fingerprint density at radius 3 is 2.63 bits per heavy atom. The number of benzene rings is 2. The number of carbonyl (C=O) groups excluding carboxylic acids is 1. The van der Waals surface area contributed by atoms with Gasteiger partial charge in [-0.05, 0) is 110 Å². The van der Waals surface area contributed by atoms with Gasteiger partial charge in [-0.25, -0.2) is 0 Å². The summed E-state index contributed by atoms with van der Waals surface area (Å²) in [6, 6.07) is 14.9. The van der Waals surface area contributed by atoms with Crippen molar-refractivity contribution in [2.24, 2.45) is 17.8 Å². The fourth-order valence-corrected chi connectivity index (χ4v) is 8.78. The first-order chi connectivity index (χ1) is 20.0. The van der Waals surface area contributed by atoms with E-state index >= 15 is 0 Å². The average molecular weight is 550 g/mol. The van der Waals surface area contributed by atoms with Crippen molar-refractivity contribution in [3.8, 4) is 18.1 Å². The van der Waals surface area contributed by atoms with Crippen LogP contribution in [0.3, 0.4) is 0 Å². The number of unbranched alkanes of at least 4 members (excludes halogenated alkanes) is 1. The smallest absolute Gasteiger partial charge is 0.276 e. The number of hydrogen-bond donors (Lipinski definition) is 1. The molecule has 1 aliphatic heterocycles. The maximum absolute atomic E-state index is 14.2. The molecule has 2 aromatic carbocycles. The Bertz CT molecular complexity index is 1470. The summed E-state index contributed by atoms with van der Waals surface area (Å²) in [7, 11) is 1.70. The number of terminal acetylenes is 1. The molecule has 4 aliphatic carbocycles. The Hall–Kier alpha value is -3.72. The van der Waals surface area contributed by atoms with Gasteiger partial charge in [-0.2, -0.15) is 4.98 Å². The molecule has 41 heavy (non-hydrogen) atoms. The summed E-state index contributed by atoms with van der Waals surface area (Å²) in [5, 5.41) is 4.01. The summed E-state index contributed by atoms with van der Waals surface area (Å²) in [4.78, 5) is 20.5. The molecule has 6 heteroatoms. The fourth-order valence-electron chi connectivity index (χ4n) is 8.78. The van der Waals surface area contributed by atoms with Crippen LogP contribution in [0.1, 0.15) is 97.4 Å². The Morgan fingerprint density at radius 2 is 1.95 bits per heavy atom. The summed E-state index contributed by atoms with van der Waals surface area (Å²) in [5.74, 6) is 5.85. The Labute approximate surface area is 242 Å². The topological polar surface area (TPSA) is 67.6 Å². The number of fused-ring (bicyclic) bond motifs is 1. The lowest BCUT2D eigenvalue weighted by atomic mass is 9.80. The normalized spacial score (nSPS) is 29.3. The van der Waals surface area contributed by atoms with E-state index in [-0.39, 0.29) is 35.1 Å². The third kappa shape index (κ3) is 4.51. The quantitative estimate of drug-likeness (QED) is 0.307. The molecular formula is C35H39N3O3. The molecule has 3 aromatic rings. The van der Waals surface area contributed by atoms with Gasteiger partial charge in [0.25, 0.3) is 11.8 Å². The van der Waals surface area contributed by atoms with E-state index in [0.717, 1.165) is 60.3 Å². The monoisotopic (exact) mass is 549 g/mol. The molecule has 4 fully saturated rings. The average Bonchev–Trinajstić information content (AvgIpc) is 3.63. The third-order valence-electron chi connectivity index (χ3n) is 10.4. The highest BCUT2D eigenvalue weighted by atomic mass is 16.5. The van der Waals surface area contributed by atoms with Crippen LogP contribution in [-0.2, 0) is 6.42 Å². The van der Waals surface area contributed by atoms with Crippen molar-refractivity contribution in [3.05, 3.63) is 77.0 Å². The van der Waals surface area contributed by atoms with Crippen molar-refractivity contribution in [1.29, 1.82) is 0 Å². The van der Waals surface area contributed by atoms with Crippen LogP contribution in [0, 0.1) is 30.1 Å². The Balaban J connectivity index is 1.26. The molecule has 6 nitrogen and oxygen atoms in total. The predicted molar refractivity (Wildman–Crippen MR) is 159 cm³/mol. The molecule has 4 unspecified atom stereocenters. The van der Waals surface area contributed by atoms with Crippen LogP contribution in [0.4, 0.5) is 5.69 Å². The van der Waals surface area contributed by atoms with Crippen molar-refractivity contribution in [3.63, 3.8) is 0 Å². The number of anilines is 1. The second kappa shape index (κ2) is 10.3. The lowest BCUT2D eigenvalue weighted by Gasteiger charge is -2.43. The molecule has 0 saturated heterocycles. The maximum atomic E-state index is 14.2. The molecule has 4 bridgehead atoms. The first-order valence-corrected chi connectivity index (χ1v) is 15.3. The van der Waals surface area contributed by atoms with E-state index in [1.165, 1.54) is 49.6 Å². The van der Waals surface area contributed by atoms with Gasteiger partial charge in [0.1, 0.15) is 12.0 Å². The molecule has 0 spiro atoms. The summed E-state index contributed by atoms with van der Waals surface area (Å²) >= 11 is 0. The van der Waals surface area contributed by atoms with Gasteiger partial charge in [-0.15, -0.1) is 6.42 Å². The van der Waals surface area contributed by atoms with Crippen LogP contribution in [0.25, 0.3) is 0 Å². The highest BCUT2D eigenvalue weighted by Gasteiger charge is 2.57.